The van der Waals surface area contributed by atoms with Crippen LogP contribution in [0.5, 0.6) is 17.2 Å². The number of nitrogens with one attached hydrogen (secondary N) is 1. The van der Waals surface area contributed by atoms with Crippen molar-refractivity contribution in [2.45, 2.75) is 6.92 Å². The zero-order chi connectivity index (χ0) is 17.4. The quantitative estimate of drug-likeness (QED) is 0.787. The summed E-state index contributed by atoms with van der Waals surface area (Å²) in [5.41, 5.74) is 1.55. The third kappa shape index (κ3) is 4.78. The first-order valence-corrected chi connectivity index (χ1v) is 7.60. The van der Waals surface area contributed by atoms with E-state index in [0.29, 0.717) is 23.8 Å². The number of carbonyl (C=O) groups excluding carboxylic acids is 1. The van der Waals surface area contributed by atoms with Crippen molar-refractivity contribution in [3.63, 3.8) is 0 Å². The highest BCUT2D eigenvalue weighted by Gasteiger charge is 2.06. The molecule has 0 fully saturated rings. The molecule has 1 N–H and O–H groups in total. The van der Waals surface area contributed by atoms with Crippen molar-refractivity contribution in [1.29, 1.82) is 0 Å². The molecule has 0 saturated heterocycles. The molecule has 2 aromatic rings. The SMILES string of the molecule is CCOc1ccc(NC(=O)/C=C/c2ccc(OC)cc2)cc1OC. The average molecular weight is 327 g/mol. The molecule has 24 heavy (non-hydrogen) atoms. The Morgan fingerprint density at radius 3 is 2.42 bits per heavy atom. The van der Waals surface area contributed by atoms with Crippen molar-refractivity contribution in [3.8, 4) is 17.2 Å². The van der Waals surface area contributed by atoms with Crippen LogP contribution >= 0.6 is 0 Å². The summed E-state index contributed by atoms with van der Waals surface area (Å²) in [6.07, 6.45) is 3.21. The molecule has 0 aliphatic carbocycles. The van der Waals surface area contributed by atoms with Gasteiger partial charge in [-0.15, -0.1) is 0 Å². The Labute approximate surface area is 141 Å². The highest BCUT2D eigenvalue weighted by molar-refractivity contribution is 6.02. The van der Waals surface area contributed by atoms with Gasteiger partial charge in [0.05, 0.1) is 20.8 Å². The molecular formula is C19H21NO4. The van der Waals surface area contributed by atoms with Crippen molar-refractivity contribution < 1.29 is 19.0 Å². The molecule has 0 heterocycles. The standard InChI is InChI=1S/C19H21NO4/c1-4-24-17-11-8-15(13-18(17)23-3)20-19(21)12-7-14-5-9-16(22-2)10-6-14/h5-13H,4H2,1-3H3,(H,20,21)/b12-7+. The van der Waals surface area contributed by atoms with E-state index in [4.69, 9.17) is 14.2 Å². The largest absolute Gasteiger partial charge is 0.497 e. The molecule has 0 unspecified atom stereocenters. The topological polar surface area (TPSA) is 56.8 Å². The first-order valence-electron chi connectivity index (χ1n) is 7.60. The molecule has 5 nitrogen and oxygen atoms in total. The van der Waals surface area contributed by atoms with Crippen molar-refractivity contribution in [2.24, 2.45) is 0 Å². The third-order valence-corrected chi connectivity index (χ3v) is 3.27. The van der Waals surface area contributed by atoms with Crippen molar-refractivity contribution in [2.75, 3.05) is 26.1 Å². The fourth-order valence-corrected chi connectivity index (χ4v) is 2.09. The van der Waals surface area contributed by atoms with Crippen LogP contribution in [0.1, 0.15) is 12.5 Å². The van der Waals surface area contributed by atoms with E-state index in [2.05, 4.69) is 5.32 Å². The van der Waals surface area contributed by atoms with Gasteiger partial charge in [0.15, 0.2) is 11.5 Å². The molecule has 2 rings (SSSR count). The van der Waals surface area contributed by atoms with Gasteiger partial charge in [-0.1, -0.05) is 12.1 Å². The number of anilines is 1. The second kappa shape index (κ2) is 8.62. The van der Waals surface area contributed by atoms with Crippen molar-refractivity contribution in [3.05, 3.63) is 54.1 Å². The van der Waals surface area contributed by atoms with Crippen LogP contribution in [-0.4, -0.2) is 26.7 Å². The molecular weight excluding hydrogens is 306 g/mol. The zero-order valence-corrected chi connectivity index (χ0v) is 14.0. The lowest BCUT2D eigenvalue weighted by Gasteiger charge is -2.11. The Morgan fingerprint density at radius 2 is 1.79 bits per heavy atom. The minimum absolute atomic E-state index is 0.225. The van der Waals surface area contributed by atoms with Crippen molar-refractivity contribution in [1.82, 2.24) is 0 Å². The van der Waals surface area contributed by atoms with Crippen LogP contribution in [0, 0.1) is 0 Å². The highest BCUT2D eigenvalue weighted by atomic mass is 16.5. The number of hydrogen-bond donors (Lipinski definition) is 1. The summed E-state index contributed by atoms with van der Waals surface area (Å²) >= 11 is 0. The van der Waals surface area contributed by atoms with Gasteiger partial charge in [-0.05, 0) is 42.8 Å². The normalized spacial score (nSPS) is 10.5. The van der Waals surface area contributed by atoms with Gasteiger partial charge in [-0.3, -0.25) is 4.79 Å². The van der Waals surface area contributed by atoms with E-state index in [1.54, 1.807) is 38.5 Å². The molecule has 0 atom stereocenters. The van der Waals surface area contributed by atoms with Gasteiger partial charge in [0.25, 0.3) is 0 Å². The van der Waals surface area contributed by atoms with Gasteiger partial charge in [0.2, 0.25) is 5.91 Å². The van der Waals surface area contributed by atoms with E-state index in [1.807, 2.05) is 31.2 Å². The number of amides is 1. The van der Waals surface area contributed by atoms with Gasteiger partial charge in [0.1, 0.15) is 5.75 Å². The molecule has 1 amide bonds. The summed E-state index contributed by atoms with van der Waals surface area (Å²) in [6, 6.07) is 12.7. The maximum absolute atomic E-state index is 12.0. The number of hydrogen-bond acceptors (Lipinski definition) is 4. The Kier molecular flexibility index (Phi) is 6.25. The number of benzene rings is 2. The van der Waals surface area contributed by atoms with E-state index in [9.17, 15) is 4.79 Å². The fraction of sp³-hybridized carbons (Fsp3) is 0.211. The maximum atomic E-state index is 12.0. The van der Waals surface area contributed by atoms with Gasteiger partial charge < -0.3 is 19.5 Å². The number of methoxy groups -OCH3 is 2. The molecule has 0 aliphatic heterocycles. The second-order valence-electron chi connectivity index (χ2n) is 4.89. The van der Waals surface area contributed by atoms with E-state index in [1.165, 1.54) is 6.08 Å². The van der Waals surface area contributed by atoms with E-state index in [0.717, 1.165) is 11.3 Å². The summed E-state index contributed by atoms with van der Waals surface area (Å²) in [7, 11) is 3.18. The van der Waals surface area contributed by atoms with E-state index in [-0.39, 0.29) is 5.91 Å². The molecule has 5 heteroatoms. The first kappa shape index (κ1) is 17.4. The van der Waals surface area contributed by atoms with E-state index < -0.39 is 0 Å². The molecule has 126 valence electrons. The lowest BCUT2D eigenvalue weighted by Crippen LogP contribution is -2.08. The Bertz CT molecular complexity index is 708. The average Bonchev–Trinajstić information content (AvgIpc) is 2.62. The van der Waals surface area contributed by atoms with Crippen LogP contribution in [0.25, 0.3) is 6.08 Å². The summed E-state index contributed by atoms with van der Waals surface area (Å²) in [5.74, 6) is 1.77. The van der Waals surface area contributed by atoms with Crippen LogP contribution in [0.15, 0.2) is 48.5 Å². The predicted molar refractivity (Wildman–Crippen MR) is 94.8 cm³/mol. The van der Waals surface area contributed by atoms with Crippen LogP contribution in [-0.2, 0) is 4.79 Å². The number of carbonyl (C=O) groups is 1. The molecule has 0 aliphatic rings. The summed E-state index contributed by atoms with van der Waals surface area (Å²) < 4.78 is 15.8. The smallest absolute Gasteiger partial charge is 0.248 e. The van der Waals surface area contributed by atoms with Gasteiger partial charge in [-0.25, -0.2) is 0 Å². The fourth-order valence-electron chi connectivity index (χ4n) is 2.09. The highest BCUT2D eigenvalue weighted by Crippen LogP contribution is 2.30. The second-order valence-corrected chi connectivity index (χ2v) is 4.89. The first-order chi connectivity index (χ1) is 11.7. The lowest BCUT2D eigenvalue weighted by molar-refractivity contribution is -0.111. The van der Waals surface area contributed by atoms with Crippen LogP contribution < -0.4 is 19.5 Å². The molecule has 0 saturated carbocycles. The van der Waals surface area contributed by atoms with Crippen LogP contribution in [0.2, 0.25) is 0 Å². The van der Waals surface area contributed by atoms with Crippen LogP contribution in [0.3, 0.4) is 0 Å². The summed E-state index contributed by atoms with van der Waals surface area (Å²) in [6.45, 7) is 2.45. The summed E-state index contributed by atoms with van der Waals surface area (Å²) in [5, 5.41) is 2.79. The minimum Gasteiger partial charge on any atom is -0.497 e. The lowest BCUT2D eigenvalue weighted by atomic mass is 10.2. The molecule has 2 aromatic carbocycles. The number of ether oxygens (including phenoxy) is 3. The minimum atomic E-state index is -0.225. The molecule has 0 radical (unpaired) electrons. The van der Waals surface area contributed by atoms with Gasteiger partial charge in [0, 0.05) is 17.8 Å². The molecule has 0 bridgehead atoms. The molecule has 0 spiro atoms. The third-order valence-electron chi connectivity index (χ3n) is 3.27. The van der Waals surface area contributed by atoms with Crippen LogP contribution in [0.4, 0.5) is 5.69 Å². The Balaban J connectivity index is 2.01. The Morgan fingerprint density at radius 1 is 1.04 bits per heavy atom. The monoisotopic (exact) mass is 327 g/mol. The summed E-state index contributed by atoms with van der Waals surface area (Å²) in [4.78, 5) is 12.0. The molecule has 0 aromatic heterocycles. The predicted octanol–water partition coefficient (Wildman–Crippen LogP) is 3.75. The van der Waals surface area contributed by atoms with Gasteiger partial charge in [-0.2, -0.15) is 0 Å². The van der Waals surface area contributed by atoms with E-state index >= 15 is 0 Å². The maximum Gasteiger partial charge on any atom is 0.248 e. The van der Waals surface area contributed by atoms with Gasteiger partial charge >= 0.3 is 0 Å². The Hall–Kier alpha value is -2.95. The number of rotatable bonds is 7. The van der Waals surface area contributed by atoms with Crippen molar-refractivity contribution >= 4 is 17.7 Å². The zero-order valence-electron chi connectivity index (χ0n) is 14.0.